The van der Waals surface area contributed by atoms with Crippen molar-refractivity contribution in [1.29, 1.82) is 0 Å². The van der Waals surface area contributed by atoms with Gasteiger partial charge in [-0.1, -0.05) is 12.1 Å². The second kappa shape index (κ2) is 9.20. The van der Waals surface area contributed by atoms with Gasteiger partial charge in [-0.3, -0.25) is 4.79 Å². The van der Waals surface area contributed by atoms with E-state index in [1.54, 1.807) is 0 Å². The van der Waals surface area contributed by atoms with Gasteiger partial charge in [0, 0.05) is 37.8 Å². The lowest BCUT2D eigenvalue weighted by atomic mass is 9.89. The molecule has 0 saturated carbocycles. The number of nitrogens with one attached hydrogen (secondary N) is 2. The number of hydrogen-bond acceptors (Lipinski definition) is 4. The van der Waals surface area contributed by atoms with Gasteiger partial charge in [0.25, 0.3) is 0 Å². The van der Waals surface area contributed by atoms with Gasteiger partial charge in [0.05, 0.1) is 0 Å². The normalized spacial score (nSPS) is 22.0. The number of likely N-dealkylation sites (tertiary alicyclic amines) is 1. The third-order valence-corrected chi connectivity index (χ3v) is 5.49. The Morgan fingerprint density at radius 3 is 2.60 bits per heavy atom. The standard InChI is InChI=1S/C20H32N4O/c21-11-1-4-20(25)24-13-9-17(10-14-24)16-5-7-18(8-6-16)23-19-3-2-12-22-15-19/h5-8,17,19,22-23H,1-4,9-15,21H2. The largest absolute Gasteiger partial charge is 0.381 e. The van der Waals surface area contributed by atoms with Crippen molar-refractivity contribution >= 4 is 11.6 Å². The molecule has 3 rings (SSSR count). The maximum absolute atomic E-state index is 12.1. The summed E-state index contributed by atoms with van der Waals surface area (Å²) in [5.74, 6) is 0.841. The quantitative estimate of drug-likeness (QED) is 0.740. The zero-order chi connectivity index (χ0) is 17.5. The molecule has 4 N–H and O–H groups in total. The van der Waals surface area contributed by atoms with Crippen LogP contribution in [0.1, 0.15) is 50.0 Å². The second-order valence-electron chi connectivity index (χ2n) is 7.36. The van der Waals surface area contributed by atoms with Gasteiger partial charge in [0.2, 0.25) is 5.91 Å². The summed E-state index contributed by atoms with van der Waals surface area (Å²) in [6.07, 6.45) is 6.01. The molecule has 5 heteroatoms. The average molecular weight is 345 g/mol. The molecule has 1 aromatic carbocycles. The molecule has 1 aromatic rings. The fraction of sp³-hybridized carbons (Fsp3) is 0.650. The Labute approximate surface area is 151 Å². The molecule has 2 aliphatic rings. The molecule has 25 heavy (non-hydrogen) atoms. The van der Waals surface area contributed by atoms with E-state index in [1.807, 2.05) is 4.90 Å². The molecule has 138 valence electrons. The SMILES string of the molecule is NCCCC(=O)N1CCC(c2ccc(NC3CCCNC3)cc2)CC1. The van der Waals surface area contributed by atoms with Crippen molar-refractivity contribution in [2.75, 3.05) is 38.0 Å². The molecule has 1 atom stereocenters. The van der Waals surface area contributed by atoms with Crippen molar-refractivity contribution in [2.24, 2.45) is 5.73 Å². The minimum Gasteiger partial charge on any atom is -0.381 e. The third-order valence-electron chi connectivity index (χ3n) is 5.49. The molecule has 0 aliphatic carbocycles. The fourth-order valence-electron chi connectivity index (χ4n) is 3.94. The van der Waals surface area contributed by atoms with Crippen LogP contribution in [0.25, 0.3) is 0 Å². The number of benzene rings is 1. The van der Waals surface area contributed by atoms with Gasteiger partial charge < -0.3 is 21.3 Å². The van der Waals surface area contributed by atoms with Crippen LogP contribution in [0.15, 0.2) is 24.3 Å². The van der Waals surface area contributed by atoms with Crippen LogP contribution in [0.5, 0.6) is 0 Å². The summed E-state index contributed by atoms with van der Waals surface area (Å²) < 4.78 is 0. The van der Waals surface area contributed by atoms with Crippen LogP contribution in [0.2, 0.25) is 0 Å². The van der Waals surface area contributed by atoms with Crippen LogP contribution in [-0.4, -0.2) is 49.6 Å². The van der Waals surface area contributed by atoms with Crippen molar-refractivity contribution in [3.63, 3.8) is 0 Å². The molecule has 0 spiro atoms. The topological polar surface area (TPSA) is 70.4 Å². The third kappa shape index (κ3) is 5.19. The summed E-state index contributed by atoms with van der Waals surface area (Å²) in [5, 5.41) is 7.07. The number of nitrogens with zero attached hydrogens (tertiary/aromatic N) is 1. The maximum atomic E-state index is 12.1. The summed E-state index contributed by atoms with van der Waals surface area (Å²) >= 11 is 0. The van der Waals surface area contributed by atoms with Crippen molar-refractivity contribution in [2.45, 2.75) is 50.5 Å². The number of hydrogen-bond donors (Lipinski definition) is 3. The monoisotopic (exact) mass is 344 g/mol. The summed E-state index contributed by atoms with van der Waals surface area (Å²) in [5.41, 5.74) is 8.11. The number of amides is 1. The van der Waals surface area contributed by atoms with Crippen molar-refractivity contribution in [3.8, 4) is 0 Å². The lowest BCUT2D eigenvalue weighted by Crippen LogP contribution is -2.38. The van der Waals surface area contributed by atoms with Gasteiger partial charge in [0.15, 0.2) is 0 Å². The van der Waals surface area contributed by atoms with Gasteiger partial charge in [0.1, 0.15) is 0 Å². The number of anilines is 1. The Morgan fingerprint density at radius 2 is 1.96 bits per heavy atom. The molecule has 0 radical (unpaired) electrons. The van der Waals surface area contributed by atoms with Crippen LogP contribution in [0.4, 0.5) is 5.69 Å². The average Bonchev–Trinajstić information content (AvgIpc) is 2.68. The van der Waals surface area contributed by atoms with E-state index in [9.17, 15) is 4.79 Å². The van der Waals surface area contributed by atoms with Gasteiger partial charge in [-0.05, 0) is 68.8 Å². The molecule has 1 amide bonds. The van der Waals surface area contributed by atoms with E-state index in [4.69, 9.17) is 5.73 Å². The van der Waals surface area contributed by atoms with Crippen LogP contribution in [0, 0.1) is 0 Å². The summed E-state index contributed by atoms with van der Waals surface area (Å²) in [6, 6.07) is 9.48. The van der Waals surface area contributed by atoms with Gasteiger partial charge in [-0.25, -0.2) is 0 Å². The first kappa shape index (κ1) is 18.2. The summed E-state index contributed by atoms with van der Waals surface area (Å²) in [7, 11) is 0. The Kier molecular flexibility index (Phi) is 6.70. The van der Waals surface area contributed by atoms with E-state index in [0.29, 0.717) is 24.9 Å². The van der Waals surface area contributed by atoms with Crippen molar-refractivity contribution in [1.82, 2.24) is 10.2 Å². The predicted molar refractivity (Wildman–Crippen MR) is 103 cm³/mol. The van der Waals surface area contributed by atoms with Crippen molar-refractivity contribution < 1.29 is 4.79 Å². The molecular formula is C20H32N4O. The van der Waals surface area contributed by atoms with Crippen LogP contribution in [-0.2, 0) is 4.79 Å². The molecular weight excluding hydrogens is 312 g/mol. The molecule has 2 heterocycles. The Bertz CT molecular complexity index is 531. The van der Waals surface area contributed by atoms with E-state index in [1.165, 1.54) is 24.1 Å². The molecule has 1 unspecified atom stereocenters. The minimum absolute atomic E-state index is 0.268. The summed E-state index contributed by atoms with van der Waals surface area (Å²) in [4.78, 5) is 14.1. The second-order valence-corrected chi connectivity index (χ2v) is 7.36. The molecule has 2 saturated heterocycles. The lowest BCUT2D eigenvalue weighted by molar-refractivity contribution is -0.132. The van der Waals surface area contributed by atoms with E-state index < -0.39 is 0 Å². The van der Waals surface area contributed by atoms with E-state index in [0.717, 1.165) is 45.4 Å². The van der Waals surface area contributed by atoms with Crippen LogP contribution in [0.3, 0.4) is 0 Å². The number of piperidine rings is 2. The summed E-state index contributed by atoms with van der Waals surface area (Å²) in [6.45, 7) is 4.55. The zero-order valence-corrected chi connectivity index (χ0v) is 15.2. The predicted octanol–water partition coefficient (Wildman–Crippen LogP) is 2.30. The van der Waals surface area contributed by atoms with E-state index >= 15 is 0 Å². The highest BCUT2D eigenvalue weighted by Gasteiger charge is 2.23. The molecule has 0 bridgehead atoms. The Hall–Kier alpha value is -1.59. The zero-order valence-electron chi connectivity index (χ0n) is 15.2. The first-order valence-corrected chi connectivity index (χ1v) is 9.81. The number of carbonyl (C=O) groups is 1. The maximum Gasteiger partial charge on any atom is 0.222 e. The highest BCUT2D eigenvalue weighted by molar-refractivity contribution is 5.76. The van der Waals surface area contributed by atoms with Crippen LogP contribution < -0.4 is 16.4 Å². The molecule has 0 aromatic heterocycles. The first-order valence-electron chi connectivity index (χ1n) is 9.81. The van der Waals surface area contributed by atoms with E-state index in [-0.39, 0.29) is 5.91 Å². The van der Waals surface area contributed by atoms with Crippen molar-refractivity contribution in [3.05, 3.63) is 29.8 Å². The number of carbonyl (C=O) groups excluding carboxylic acids is 1. The molecule has 2 aliphatic heterocycles. The fourth-order valence-corrected chi connectivity index (χ4v) is 3.94. The van der Waals surface area contributed by atoms with E-state index in [2.05, 4.69) is 34.9 Å². The highest BCUT2D eigenvalue weighted by Crippen LogP contribution is 2.29. The molecule has 2 fully saturated rings. The lowest BCUT2D eigenvalue weighted by Gasteiger charge is -2.32. The first-order chi connectivity index (χ1) is 12.3. The number of nitrogens with two attached hydrogens (primary N) is 1. The van der Waals surface area contributed by atoms with Gasteiger partial charge in [-0.2, -0.15) is 0 Å². The number of rotatable bonds is 6. The Morgan fingerprint density at radius 1 is 1.20 bits per heavy atom. The minimum atomic E-state index is 0.268. The Balaban J connectivity index is 1.47. The molecule has 5 nitrogen and oxygen atoms in total. The van der Waals surface area contributed by atoms with Crippen LogP contribution >= 0.6 is 0 Å². The van der Waals surface area contributed by atoms with Gasteiger partial charge in [-0.15, -0.1) is 0 Å². The smallest absolute Gasteiger partial charge is 0.222 e. The van der Waals surface area contributed by atoms with Gasteiger partial charge >= 0.3 is 0 Å². The highest BCUT2D eigenvalue weighted by atomic mass is 16.2.